The van der Waals surface area contributed by atoms with E-state index in [-0.39, 0.29) is 29.6 Å². The zero-order valence-corrected chi connectivity index (χ0v) is 16.1. The molecule has 5 nitrogen and oxygen atoms in total. The van der Waals surface area contributed by atoms with Gasteiger partial charge in [-0.3, -0.25) is 4.98 Å². The van der Waals surface area contributed by atoms with Crippen molar-refractivity contribution in [1.29, 1.82) is 0 Å². The molecule has 1 aromatic carbocycles. The van der Waals surface area contributed by atoms with Gasteiger partial charge in [-0.1, -0.05) is 0 Å². The van der Waals surface area contributed by atoms with E-state index in [1.54, 1.807) is 0 Å². The molecule has 0 amide bonds. The summed E-state index contributed by atoms with van der Waals surface area (Å²) in [6, 6.07) is 7.88. The number of alkyl halides is 6. The number of benzene rings is 1. The molecule has 0 bridgehead atoms. The Morgan fingerprint density at radius 3 is 2.19 bits per heavy atom. The highest BCUT2D eigenvalue weighted by Gasteiger charge is 2.34. The second kappa shape index (κ2) is 8.06. The molecule has 0 aliphatic rings. The number of pyridine rings is 1. The molecule has 0 aliphatic heterocycles. The first-order valence-corrected chi connectivity index (χ1v) is 8.43. The highest BCUT2D eigenvalue weighted by Crippen LogP contribution is 2.36. The first-order valence-electron chi connectivity index (χ1n) is 8.43. The van der Waals surface area contributed by atoms with Gasteiger partial charge in [0.2, 0.25) is 5.95 Å². The molecule has 0 saturated heterocycles. The van der Waals surface area contributed by atoms with E-state index in [9.17, 15) is 26.3 Å². The molecule has 3 aromatic heterocycles. The Bertz CT molecular complexity index is 1200. The number of imidazole rings is 1. The summed E-state index contributed by atoms with van der Waals surface area (Å²) in [6.45, 7) is 0. The van der Waals surface area contributed by atoms with Crippen LogP contribution >= 0.6 is 12.4 Å². The van der Waals surface area contributed by atoms with E-state index in [1.807, 2.05) is 0 Å². The van der Waals surface area contributed by atoms with Crippen LogP contribution in [0.5, 0.6) is 0 Å². The van der Waals surface area contributed by atoms with E-state index in [0.717, 1.165) is 18.2 Å². The summed E-state index contributed by atoms with van der Waals surface area (Å²) in [5.41, 5.74) is -1.08. The normalized spacial score (nSPS) is 11.9. The lowest BCUT2D eigenvalue weighted by Crippen LogP contribution is -2.08. The van der Waals surface area contributed by atoms with E-state index in [4.69, 9.17) is 0 Å². The fourth-order valence-electron chi connectivity index (χ4n) is 2.85. The summed E-state index contributed by atoms with van der Waals surface area (Å²) in [7, 11) is 0. The Morgan fingerprint density at radius 1 is 0.839 bits per heavy atom. The van der Waals surface area contributed by atoms with Gasteiger partial charge in [-0.25, -0.2) is 4.98 Å². The van der Waals surface area contributed by atoms with Crippen LogP contribution in [0.3, 0.4) is 0 Å². The van der Waals surface area contributed by atoms with Crippen molar-refractivity contribution in [3.63, 3.8) is 0 Å². The van der Waals surface area contributed by atoms with Gasteiger partial charge in [-0.05, 0) is 42.5 Å². The van der Waals surface area contributed by atoms with Crippen molar-refractivity contribution < 1.29 is 26.3 Å². The summed E-state index contributed by atoms with van der Waals surface area (Å²) in [5.74, 6) is 0.188. The number of nitrogens with one attached hydrogen (secondary N) is 1. The average molecular weight is 460 g/mol. The van der Waals surface area contributed by atoms with Crippen molar-refractivity contribution >= 4 is 29.6 Å². The molecule has 31 heavy (non-hydrogen) atoms. The standard InChI is InChI=1S/C19H11F6N5.ClH/c20-18(21,22)12-3-5-13(6-4-12)29-17-27-10-14-8-11(9-28-30(14)17)16-15(19(23,24)25)2-1-7-26-16;/h1-10H,(H,27,29);1H. The minimum atomic E-state index is -4.58. The van der Waals surface area contributed by atoms with Crippen LogP contribution in [0.15, 0.2) is 61.1 Å². The maximum Gasteiger partial charge on any atom is 0.418 e. The van der Waals surface area contributed by atoms with Crippen LogP contribution in [0.25, 0.3) is 16.8 Å². The monoisotopic (exact) mass is 459 g/mol. The third-order valence-electron chi connectivity index (χ3n) is 4.23. The van der Waals surface area contributed by atoms with Gasteiger partial charge in [-0.15, -0.1) is 12.4 Å². The lowest BCUT2D eigenvalue weighted by atomic mass is 10.1. The van der Waals surface area contributed by atoms with Crippen LogP contribution in [-0.4, -0.2) is 19.6 Å². The van der Waals surface area contributed by atoms with E-state index in [0.29, 0.717) is 11.2 Å². The molecule has 0 unspecified atom stereocenters. The van der Waals surface area contributed by atoms with Crippen LogP contribution in [0, 0.1) is 0 Å². The quantitative estimate of drug-likeness (QED) is 0.382. The molecule has 1 N–H and O–H groups in total. The smallest absolute Gasteiger partial charge is 0.324 e. The minimum Gasteiger partial charge on any atom is -0.324 e. The predicted molar refractivity (Wildman–Crippen MR) is 103 cm³/mol. The highest BCUT2D eigenvalue weighted by molar-refractivity contribution is 5.85. The Kier molecular flexibility index (Phi) is 5.81. The minimum absolute atomic E-state index is 0. The van der Waals surface area contributed by atoms with Crippen LogP contribution in [0.4, 0.5) is 38.0 Å². The van der Waals surface area contributed by atoms with E-state index < -0.39 is 23.5 Å². The molecule has 4 rings (SSSR count). The van der Waals surface area contributed by atoms with Gasteiger partial charge in [0, 0.05) is 17.4 Å². The van der Waals surface area contributed by atoms with Gasteiger partial charge >= 0.3 is 12.4 Å². The van der Waals surface area contributed by atoms with Crippen LogP contribution in [0.2, 0.25) is 0 Å². The van der Waals surface area contributed by atoms with E-state index >= 15 is 0 Å². The lowest BCUT2D eigenvalue weighted by molar-refractivity contribution is -0.138. The molecular formula is C19H12ClF6N5. The van der Waals surface area contributed by atoms with Crippen LogP contribution < -0.4 is 5.32 Å². The molecule has 12 heteroatoms. The fraction of sp³-hybridized carbons (Fsp3) is 0.105. The number of hydrogen-bond acceptors (Lipinski definition) is 4. The van der Waals surface area contributed by atoms with Crippen molar-refractivity contribution in [2.45, 2.75) is 12.4 Å². The number of hydrogen-bond donors (Lipinski definition) is 1. The SMILES string of the molecule is Cl.FC(F)(F)c1ccc(Nc2ncc3cc(-c4ncccc4C(F)(F)F)cnn23)cc1. The molecule has 0 fully saturated rings. The third-order valence-corrected chi connectivity index (χ3v) is 4.23. The molecule has 0 saturated carbocycles. The lowest BCUT2D eigenvalue weighted by Gasteiger charge is -2.12. The average Bonchev–Trinajstić information content (AvgIpc) is 3.09. The molecule has 3 heterocycles. The summed E-state index contributed by atoms with van der Waals surface area (Å²) in [5, 5.41) is 6.92. The van der Waals surface area contributed by atoms with Crippen LogP contribution in [-0.2, 0) is 12.4 Å². The first-order chi connectivity index (χ1) is 14.1. The summed E-state index contributed by atoms with van der Waals surface area (Å²) in [6.07, 6.45) is -5.19. The largest absolute Gasteiger partial charge is 0.418 e. The van der Waals surface area contributed by atoms with Crippen LogP contribution in [0.1, 0.15) is 11.1 Å². The van der Waals surface area contributed by atoms with Gasteiger partial charge in [0.25, 0.3) is 0 Å². The van der Waals surface area contributed by atoms with E-state index in [1.165, 1.54) is 47.4 Å². The first kappa shape index (κ1) is 22.3. The fourth-order valence-corrected chi connectivity index (χ4v) is 2.85. The second-order valence-electron chi connectivity index (χ2n) is 6.26. The number of anilines is 2. The zero-order chi connectivity index (χ0) is 21.5. The van der Waals surface area contributed by atoms with Gasteiger partial charge < -0.3 is 5.32 Å². The Labute approximate surface area is 177 Å². The summed E-state index contributed by atoms with van der Waals surface area (Å²) in [4.78, 5) is 7.92. The van der Waals surface area contributed by atoms with Gasteiger partial charge in [-0.2, -0.15) is 36.0 Å². The molecule has 0 aliphatic carbocycles. The maximum atomic E-state index is 13.2. The Hall–Kier alpha value is -3.34. The topological polar surface area (TPSA) is 55.1 Å². The molecule has 0 atom stereocenters. The van der Waals surface area contributed by atoms with Crippen molar-refractivity contribution in [2.75, 3.05) is 5.32 Å². The van der Waals surface area contributed by atoms with Gasteiger partial charge in [0.05, 0.1) is 34.7 Å². The van der Waals surface area contributed by atoms with Crippen molar-refractivity contribution in [2.24, 2.45) is 0 Å². The number of fused-ring (bicyclic) bond motifs is 1. The Morgan fingerprint density at radius 2 is 1.55 bits per heavy atom. The molecule has 4 aromatic rings. The highest BCUT2D eigenvalue weighted by atomic mass is 35.5. The number of nitrogens with zero attached hydrogens (tertiary/aromatic N) is 4. The summed E-state index contributed by atoms with van der Waals surface area (Å²) >= 11 is 0. The number of halogens is 7. The third kappa shape index (κ3) is 4.55. The van der Waals surface area contributed by atoms with Crippen molar-refractivity contribution in [3.05, 3.63) is 72.2 Å². The van der Waals surface area contributed by atoms with Gasteiger partial charge in [0.15, 0.2) is 0 Å². The second-order valence-corrected chi connectivity index (χ2v) is 6.26. The predicted octanol–water partition coefficient (Wildman–Crippen LogP) is 5.99. The zero-order valence-electron chi connectivity index (χ0n) is 15.2. The van der Waals surface area contributed by atoms with Crippen molar-refractivity contribution in [3.8, 4) is 11.3 Å². The molecule has 162 valence electrons. The molecular weight excluding hydrogens is 448 g/mol. The molecule has 0 spiro atoms. The number of aromatic nitrogens is 4. The summed E-state index contributed by atoms with van der Waals surface area (Å²) < 4.78 is 79.0. The van der Waals surface area contributed by atoms with Gasteiger partial charge in [0.1, 0.15) is 0 Å². The molecule has 0 radical (unpaired) electrons. The number of rotatable bonds is 3. The Balaban J connectivity index is 0.00000272. The van der Waals surface area contributed by atoms with Crippen molar-refractivity contribution in [1.82, 2.24) is 19.6 Å². The van der Waals surface area contributed by atoms with E-state index in [2.05, 4.69) is 20.4 Å². The maximum absolute atomic E-state index is 13.2.